The highest BCUT2D eigenvalue weighted by atomic mass is 16.5. The van der Waals surface area contributed by atoms with Gasteiger partial charge in [-0.25, -0.2) is 0 Å². The van der Waals surface area contributed by atoms with E-state index in [0.29, 0.717) is 6.61 Å². The molecule has 0 spiro atoms. The summed E-state index contributed by atoms with van der Waals surface area (Å²) in [6.45, 7) is 7.54. The van der Waals surface area contributed by atoms with Crippen LogP contribution in [0.5, 0.6) is 11.5 Å². The third-order valence-electron chi connectivity index (χ3n) is 4.25. The van der Waals surface area contributed by atoms with Gasteiger partial charge in [-0.1, -0.05) is 6.92 Å². The van der Waals surface area contributed by atoms with E-state index < -0.39 is 0 Å². The van der Waals surface area contributed by atoms with E-state index in [2.05, 4.69) is 17.1 Å². The molecule has 0 saturated carbocycles. The highest BCUT2D eigenvalue weighted by Gasteiger charge is 2.26. The van der Waals surface area contributed by atoms with E-state index in [-0.39, 0.29) is 11.8 Å². The first kappa shape index (κ1) is 12.8. The van der Waals surface area contributed by atoms with Crippen molar-refractivity contribution < 1.29 is 9.84 Å². The molecule has 0 radical (unpaired) electrons. The number of nitrogens with zero attached hydrogens (tertiary/aromatic N) is 1. The number of rotatable bonds is 4. The largest absolute Gasteiger partial charge is 0.508 e. The lowest BCUT2D eigenvalue weighted by Gasteiger charge is -2.16. The molecule has 19 heavy (non-hydrogen) atoms. The fourth-order valence-corrected chi connectivity index (χ4v) is 3.04. The Morgan fingerprint density at radius 2 is 2.37 bits per heavy atom. The maximum atomic E-state index is 9.44. The minimum atomic E-state index is 0.270. The normalized spacial score (nSPS) is 26.4. The first-order valence-corrected chi connectivity index (χ1v) is 7.17. The molecular weight excluding hydrogens is 240 g/mol. The number of phenols is 1. The molecule has 4 nitrogen and oxygen atoms in total. The van der Waals surface area contributed by atoms with Gasteiger partial charge in [-0.3, -0.25) is 0 Å². The van der Waals surface area contributed by atoms with Crippen molar-refractivity contribution in [2.75, 3.05) is 32.8 Å². The molecule has 0 aromatic heterocycles. The molecule has 2 aliphatic rings. The molecule has 1 aromatic rings. The molecule has 2 aliphatic heterocycles. The first-order chi connectivity index (χ1) is 9.26. The monoisotopic (exact) mass is 262 g/mol. The van der Waals surface area contributed by atoms with Crippen molar-refractivity contribution >= 4 is 0 Å². The zero-order valence-corrected chi connectivity index (χ0v) is 11.4. The van der Waals surface area contributed by atoms with Crippen LogP contribution in [0.2, 0.25) is 0 Å². The quantitative estimate of drug-likeness (QED) is 0.868. The molecule has 1 fully saturated rings. The standard InChI is InChI=1S/C15H22N2O2/c1-2-17-6-5-11(9-17)8-16-14-10-19-15-7-12(18)3-4-13(14)15/h3-4,7,11,14,16,18H,2,5-6,8-10H2,1H3. The van der Waals surface area contributed by atoms with Crippen LogP contribution in [0, 0.1) is 5.92 Å². The van der Waals surface area contributed by atoms with Crippen LogP contribution < -0.4 is 10.1 Å². The van der Waals surface area contributed by atoms with E-state index >= 15 is 0 Å². The van der Waals surface area contributed by atoms with Gasteiger partial charge in [0.2, 0.25) is 0 Å². The van der Waals surface area contributed by atoms with Crippen molar-refractivity contribution in [3.63, 3.8) is 0 Å². The third kappa shape index (κ3) is 2.69. The van der Waals surface area contributed by atoms with Crippen molar-refractivity contribution in [2.45, 2.75) is 19.4 Å². The number of ether oxygens (including phenoxy) is 1. The van der Waals surface area contributed by atoms with Crippen molar-refractivity contribution in [2.24, 2.45) is 5.92 Å². The molecule has 1 aromatic carbocycles. The Hall–Kier alpha value is -1.26. The van der Waals surface area contributed by atoms with Crippen LogP contribution in [0.15, 0.2) is 18.2 Å². The molecule has 2 unspecified atom stereocenters. The zero-order valence-electron chi connectivity index (χ0n) is 11.4. The van der Waals surface area contributed by atoms with Crippen LogP contribution >= 0.6 is 0 Å². The smallest absolute Gasteiger partial charge is 0.127 e. The number of likely N-dealkylation sites (tertiary alicyclic amines) is 1. The number of benzene rings is 1. The van der Waals surface area contributed by atoms with Gasteiger partial charge in [0.15, 0.2) is 0 Å². The average molecular weight is 262 g/mol. The predicted octanol–water partition coefficient (Wildman–Crippen LogP) is 1.76. The number of fused-ring (bicyclic) bond motifs is 1. The summed E-state index contributed by atoms with van der Waals surface area (Å²) in [6.07, 6.45) is 1.29. The Kier molecular flexibility index (Phi) is 3.62. The molecule has 2 atom stereocenters. The highest BCUT2D eigenvalue weighted by molar-refractivity contribution is 5.44. The Morgan fingerprint density at radius 3 is 3.16 bits per heavy atom. The molecule has 1 saturated heterocycles. The Labute approximate surface area is 114 Å². The molecule has 104 valence electrons. The summed E-state index contributed by atoms with van der Waals surface area (Å²) >= 11 is 0. The fraction of sp³-hybridized carbons (Fsp3) is 0.600. The summed E-state index contributed by atoms with van der Waals surface area (Å²) in [4.78, 5) is 2.50. The van der Waals surface area contributed by atoms with Crippen LogP contribution in [0.25, 0.3) is 0 Å². The lowest BCUT2D eigenvalue weighted by atomic mass is 10.1. The van der Waals surface area contributed by atoms with Crippen molar-refractivity contribution in [3.05, 3.63) is 23.8 Å². The number of hydrogen-bond acceptors (Lipinski definition) is 4. The second kappa shape index (κ2) is 5.39. The van der Waals surface area contributed by atoms with E-state index in [4.69, 9.17) is 4.74 Å². The molecule has 0 amide bonds. The average Bonchev–Trinajstić information content (AvgIpc) is 3.02. The maximum Gasteiger partial charge on any atom is 0.127 e. The molecule has 2 heterocycles. The third-order valence-corrected chi connectivity index (χ3v) is 4.25. The van der Waals surface area contributed by atoms with Gasteiger partial charge in [0.05, 0.1) is 6.04 Å². The molecular formula is C15H22N2O2. The second-order valence-electron chi connectivity index (χ2n) is 5.54. The predicted molar refractivity (Wildman–Crippen MR) is 74.6 cm³/mol. The van der Waals surface area contributed by atoms with Gasteiger partial charge < -0.3 is 20.1 Å². The summed E-state index contributed by atoms with van der Waals surface area (Å²) < 4.78 is 5.62. The summed E-state index contributed by atoms with van der Waals surface area (Å²) in [5.41, 5.74) is 1.17. The van der Waals surface area contributed by atoms with E-state index in [9.17, 15) is 5.11 Å². The van der Waals surface area contributed by atoms with Gasteiger partial charge in [0.1, 0.15) is 18.1 Å². The van der Waals surface area contributed by atoms with E-state index in [1.807, 2.05) is 6.07 Å². The highest BCUT2D eigenvalue weighted by Crippen LogP contribution is 2.35. The molecule has 0 bridgehead atoms. The van der Waals surface area contributed by atoms with E-state index in [1.54, 1.807) is 12.1 Å². The molecule has 4 heteroatoms. The van der Waals surface area contributed by atoms with E-state index in [1.165, 1.54) is 25.1 Å². The Bertz CT molecular complexity index is 450. The number of phenolic OH excluding ortho intramolecular Hbond substituents is 1. The van der Waals surface area contributed by atoms with Crippen LogP contribution in [-0.4, -0.2) is 42.8 Å². The van der Waals surface area contributed by atoms with Gasteiger partial charge in [-0.05, 0) is 44.1 Å². The number of aromatic hydroxyl groups is 1. The van der Waals surface area contributed by atoms with Gasteiger partial charge in [-0.2, -0.15) is 0 Å². The topological polar surface area (TPSA) is 44.7 Å². The summed E-state index contributed by atoms with van der Waals surface area (Å²) in [7, 11) is 0. The lowest BCUT2D eigenvalue weighted by Crippen LogP contribution is -2.30. The molecule has 3 rings (SSSR count). The fourth-order valence-electron chi connectivity index (χ4n) is 3.04. The van der Waals surface area contributed by atoms with Crippen LogP contribution in [-0.2, 0) is 0 Å². The maximum absolute atomic E-state index is 9.44. The minimum absolute atomic E-state index is 0.270. The number of hydrogen-bond donors (Lipinski definition) is 2. The van der Waals surface area contributed by atoms with Gasteiger partial charge >= 0.3 is 0 Å². The van der Waals surface area contributed by atoms with Gasteiger partial charge in [0, 0.05) is 18.2 Å². The van der Waals surface area contributed by atoms with Crippen LogP contribution in [0.4, 0.5) is 0 Å². The van der Waals surface area contributed by atoms with Crippen molar-refractivity contribution in [1.29, 1.82) is 0 Å². The number of nitrogens with one attached hydrogen (secondary N) is 1. The van der Waals surface area contributed by atoms with E-state index in [0.717, 1.165) is 24.8 Å². The Balaban J connectivity index is 1.55. The first-order valence-electron chi connectivity index (χ1n) is 7.17. The second-order valence-corrected chi connectivity index (χ2v) is 5.54. The van der Waals surface area contributed by atoms with Crippen LogP contribution in [0.1, 0.15) is 24.9 Å². The lowest BCUT2D eigenvalue weighted by molar-refractivity contribution is 0.297. The van der Waals surface area contributed by atoms with Crippen molar-refractivity contribution in [3.8, 4) is 11.5 Å². The SMILES string of the molecule is CCN1CCC(CNC2COc3cc(O)ccc32)C1. The molecule has 2 N–H and O–H groups in total. The summed E-state index contributed by atoms with van der Waals surface area (Å²) in [6, 6.07) is 5.66. The minimum Gasteiger partial charge on any atom is -0.508 e. The van der Waals surface area contributed by atoms with Crippen molar-refractivity contribution in [1.82, 2.24) is 10.2 Å². The van der Waals surface area contributed by atoms with Crippen LogP contribution in [0.3, 0.4) is 0 Å². The molecule has 0 aliphatic carbocycles. The zero-order chi connectivity index (χ0) is 13.2. The Morgan fingerprint density at radius 1 is 1.47 bits per heavy atom. The summed E-state index contributed by atoms with van der Waals surface area (Å²) in [5.74, 6) is 1.84. The van der Waals surface area contributed by atoms with Gasteiger partial charge in [-0.15, -0.1) is 0 Å². The summed E-state index contributed by atoms with van der Waals surface area (Å²) in [5, 5.41) is 13.0. The van der Waals surface area contributed by atoms with Gasteiger partial charge in [0.25, 0.3) is 0 Å².